The zero-order chi connectivity index (χ0) is 11.6. The molecule has 4 heteroatoms. The van der Waals surface area contributed by atoms with E-state index in [1.807, 2.05) is 19.9 Å². The molecule has 1 aromatic carbocycles. The SMILES string of the molecule is CCC(N)c1cc(Cl)c(C)c(Br)c1OC. The van der Waals surface area contributed by atoms with Crippen molar-refractivity contribution in [1.82, 2.24) is 0 Å². The average Bonchev–Trinajstić information content (AvgIpc) is 2.24. The highest BCUT2D eigenvalue weighted by atomic mass is 79.9. The second kappa shape index (κ2) is 5.19. The van der Waals surface area contributed by atoms with Gasteiger partial charge in [0.1, 0.15) is 5.75 Å². The summed E-state index contributed by atoms with van der Waals surface area (Å²) in [5.41, 5.74) is 7.92. The van der Waals surface area contributed by atoms with Crippen LogP contribution in [0.3, 0.4) is 0 Å². The minimum Gasteiger partial charge on any atom is -0.495 e. The maximum absolute atomic E-state index is 6.11. The number of ether oxygens (including phenoxy) is 1. The van der Waals surface area contributed by atoms with Crippen LogP contribution in [-0.2, 0) is 0 Å². The lowest BCUT2D eigenvalue weighted by Gasteiger charge is -2.17. The number of hydrogen-bond acceptors (Lipinski definition) is 2. The topological polar surface area (TPSA) is 35.2 Å². The molecule has 1 rings (SSSR count). The van der Waals surface area contributed by atoms with Gasteiger partial charge in [-0.15, -0.1) is 0 Å². The zero-order valence-electron chi connectivity index (χ0n) is 9.10. The molecular weight excluding hydrogens is 277 g/mol. The lowest BCUT2D eigenvalue weighted by Crippen LogP contribution is -2.11. The van der Waals surface area contributed by atoms with Crippen molar-refractivity contribution >= 4 is 27.5 Å². The standard InChI is InChI=1S/C11H15BrClNO/c1-4-9(14)7-5-8(13)6(2)10(12)11(7)15-3/h5,9H,4,14H2,1-3H3. The molecular formula is C11H15BrClNO. The zero-order valence-corrected chi connectivity index (χ0v) is 11.4. The van der Waals surface area contributed by atoms with Crippen LogP contribution in [-0.4, -0.2) is 7.11 Å². The Bertz CT molecular complexity index is 368. The van der Waals surface area contributed by atoms with Crippen molar-refractivity contribution in [2.24, 2.45) is 5.73 Å². The maximum atomic E-state index is 6.11. The molecule has 0 aliphatic carbocycles. The second-order valence-corrected chi connectivity index (χ2v) is 4.63. The summed E-state index contributed by atoms with van der Waals surface area (Å²) < 4.78 is 6.23. The van der Waals surface area contributed by atoms with E-state index >= 15 is 0 Å². The van der Waals surface area contributed by atoms with E-state index in [0.717, 1.165) is 27.8 Å². The van der Waals surface area contributed by atoms with E-state index in [0.29, 0.717) is 5.02 Å². The molecule has 0 spiro atoms. The Morgan fingerprint density at radius 3 is 2.67 bits per heavy atom. The van der Waals surface area contributed by atoms with Crippen molar-refractivity contribution in [3.63, 3.8) is 0 Å². The molecule has 1 aromatic rings. The first kappa shape index (κ1) is 12.8. The molecule has 0 saturated heterocycles. The Morgan fingerprint density at radius 1 is 1.60 bits per heavy atom. The van der Waals surface area contributed by atoms with Crippen molar-refractivity contribution in [3.05, 3.63) is 26.7 Å². The van der Waals surface area contributed by atoms with Crippen molar-refractivity contribution < 1.29 is 4.74 Å². The van der Waals surface area contributed by atoms with E-state index in [1.54, 1.807) is 7.11 Å². The molecule has 84 valence electrons. The molecule has 0 radical (unpaired) electrons. The highest BCUT2D eigenvalue weighted by Crippen LogP contribution is 2.39. The van der Waals surface area contributed by atoms with Crippen LogP contribution in [0, 0.1) is 6.92 Å². The third-order valence-corrected chi connectivity index (χ3v) is 3.82. The van der Waals surface area contributed by atoms with E-state index in [2.05, 4.69) is 15.9 Å². The summed E-state index contributed by atoms with van der Waals surface area (Å²) in [6.45, 7) is 3.97. The number of halogens is 2. The minimum absolute atomic E-state index is 0.0469. The van der Waals surface area contributed by atoms with Crippen molar-refractivity contribution in [2.75, 3.05) is 7.11 Å². The van der Waals surface area contributed by atoms with Gasteiger partial charge in [-0.2, -0.15) is 0 Å². The molecule has 2 nitrogen and oxygen atoms in total. The third-order valence-electron chi connectivity index (χ3n) is 2.47. The predicted molar refractivity (Wildman–Crippen MR) is 67.7 cm³/mol. The summed E-state index contributed by atoms with van der Waals surface area (Å²) in [6, 6.07) is 1.84. The van der Waals surface area contributed by atoms with Gasteiger partial charge in [0.15, 0.2) is 0 Å². The monoisotopic (exact) mass is 291 g/mol. The van der Waals surface area contributed by atoms with E-state index in [9.17, 15) is 0 Å². The predicted octanol–water partition coefficient (Wildman–Crippen LogP) is 3.83. The lowest BCUT2D eigenvalue weighted by molar-refractivity contribution is 0.402. The van der Waals surface area contributed by atoms with Gasteiger partial charge < -0.3 is 10.5 Å². The van der Waals surface area contributed by atoms with Crippen LogP contribution in [0.4, 0.5) is 0 Å². The van der Waals surface area contributed by atoms with E-state index in [-0.39, 0.29) is 6.04 Å². The number of rotatable bonds is 3. The Morgan fingerprint density at radius 2 is 2.20 bits per heavy atom. The van der Waals surface area contributed by atoms with Gasteiger partial charge >= 0.3 is 0 Å². The molecule has 0 bridgehead atoms. The van der Waals surface area contributed by atoms with Crippen LogP contribution in [0.15, 0.2) is 10.5 Å². The molecule has 15 heavy (non-hydrogen) atoms. The van der Waals surface area contributed by atoms with E-state index < -0.39 is 0 Å². The van der Waals surface area contributed by atoms with Gasteiger partial charge in [-0.05, 0) is 40.9 Å². The number of nitrogens with two attached hydrogens (primary N) is 1. The molecule has 0 aliphatic heterocycles. The number of benzene rings is 1. The fourth-order valence-corrected chi connectivity index (χ4v) is 2.35. The normalized spacial score (nSPS) is 12.7. The van der Waals surface area contributed by atoms with Crippen LogP contribution in [0.5, 0.6) is 5.75 Å². The van der Waals surface area contributed by atoms with Gasteiger partial charge in [-0.1, -0.05) is 18.5 Å². The Labute approximate surface area is 104 Å². The van der Waals surface area contributed by atoms with Gasteiger partial charge in [0, 0.05) is 16.6 Å². The quantitative estimate of drug-likeness (QED) is 0.919. The summed E-state index contributed by atoms with van der Waals surface area (Å²) in [6.07, 6.45) is 0.849. The van der Waals surface area contributed by atoms with Crippen LogP contribution >= 0.6 is 27.5 Å². The Hall–Kier alpha value is -0.250. The first-order chi connectivity index (χ1) is 7.02. The second-order valence-electron chi connectivity index (χ2n) is 3.43. The van der Waals surface area contributed by atoms with Crippen molar-refractivity contribution in [2.45, 2.75) is 26.3 Å². The van der Waals surface area contributed by atoms with Crippen LogP contribution in [0.1, 0.15) is 30.5 Å². The number of methoxy groups -OCH3 is 1. The highest BCUT2D eigenvalue weighted by Gasteiger charge is 2.17. The smallest absolute Gasteiger partial charge is 0.138 e. The van der Waals surface area contributed by atoms with Gasteiger partial charge in [-0.3, -0.25) is 0 Å². The minimum atomic E-state index is -0.0469. The van der Waals surface area contributed by atoms with Crippen molar-refractivity contribution in [3.8, 4) is 5.75 Å². The first-order valence-electron chi connectivity index (χ1n) is 4.81. The molecule has 0 heterocycles. The lowest BCUT2D eigenvalue weighted by atomic mass is 10.0. The molecule has 1 atom stereocenters. The Balaban J connectivity index is 3.38. The molecule has 0 saturated carbocycles. The molecule has 1 unspecified atom stereocenters. The molecule has 0 aromatic heterocycles. The molecule has 0 amide bonds. The largest absolute Gasteiger partial charge is 0.495 e. The fourth-order valence-electron chi connectivity index (χ4n) is 1.41. The fraction of sp³-hybridized carbons (Fsp3) is 0.455. The van der Waals surface area contributed by atoms with Crippen LogP contribution in [0.25, 0.3) is 0 Å². The Kier molecular flexibility index (Phi) is 4.44. The van der Waals surface area contributed by atoms with E-state index in [1.165, 1.54) is 0 Å². The number of hydrogen-bond donors (Lipinski definition) is 1. The summed E-state index contributed by atoms with van der Waals surface area (Å²) in [7, 11) is 1.64. The first-order valence-corrected chi connectivity index (χ1v) is 5.98. The van der Waals surface area contributed by atoms with E-state index in [4.69, 9.17) is 22.1 Å². The summed E-state index contributed by atoms with van der Waals surface area (Å²) >= 11 is 9.58. The molecule has 2 N–H and O–H groups in total. The highest BCUT2D eigenvalue weighted by molar-refractivity contribution is 9.10. The van der Waals surface area contributed by atoms with Crippen LogP contribution in [0.2, 0.25) is 5.02 Å². The van der Waals surface area contributed by atoms with Crippen molar-refractivity contribution in [1.29, 1.82) is 0 Å². The summed E-state index contributed by atoms with van der Waals surface area (Å²) in [4.78, 5) is 0. The molecule has 0 fully saturated rings. The summed E-state index contributed by atoms with van der Waals surface area (Å²) in [5.74, 6) is 0.784. The van der Waals surface area contributed by atoms with Crippen LogP contribution < -0.4 is 10.5 Å². The third kappa shape index (κ3) is 2.47. The average molecular weight is 293 g/mol. The van der Waals surface area contributed by atoms with Gasteiger partial charge in [0.25, 0.3) is 0 Å². The van der Waals surface area contributed by atoms with Gasteiger partial charge in [-0.25, -0.2) is 0 Å². The van der Waals surface area contributed by atoms with Gasteiger partial charge in [0.05, 0.1) is 11.6 Å². The molecule has 0 aliphatic rings. The summed E-state index contributed by atoms with van der Waals surface area (Å²) in [5, 5.41) is 0.710. The maximum Gasteiger partial charge on any atom is 0.138 e. The van der Waals surface area contributed by atoms with Gasteiger partial charge in [0.2, 0.25) is 0 Å².